The lowest BCUT2D eigenvalue weighted by Gasteiger charge is -2.04. The zero-order valence-corrected chi connectivity index (χ0v) is 8.07. The van der Waals surface area contributed by atoms with Crippen molar-refractivity contribution in [3.05, 3.63) is 54.2 Å². The minimum absolute atomic E-state index is 0.872. The van der Waals surface area contributed by atoms with Crippen molar-refractivity contribution in [3.8, 4) is 0 Å². The van der Waals surface area contributed by atoms with Crippen molar-refractivity contribution in [3.63, 3.8) is 0 Å². The first-order valence-corrected chi connectivity index (χ1v) is 4.59. The summed E-state index contributed by atoms with van der Waals surface area (Å²) in [5, 5.41) is 3.22. The van der Waals surface area contributed by atoms with Gasteiger partial charge in [-0.05, 0) is 31.2 Å². The van der Waals surface area contributed by atoms with Gasteiger partial charge in [-0.25, -0.2) is 4.98 Å². The third kappa shape index (κ3) is 2.10. The van der Waals surface area contributed by atoms with Crippen molar-refractivity contribution in [1.29, 1.82) is 0 Å². The van der Waals surface area contributed by atoms with Gasteiger partial charge in [0.15, 0.2) is 0 Å². The molecule has 0 radical (unpaired) electrons. The van der Waals surface area contributed by atoms with Gasteiger partial charge in [0.1, 0.15) is 5.82 Å². The molecule has 14 heavy (non-hydrogen) atoms. The van der Waals surface area contributed by atoms with E-state index in [0.29, 0.717) is 0 Å². The minimum Gasteiger partial charge on any atom is -0.340 e. The molecule has 2 aromatic rings. The first-order valence-electron chi connectivity index (χ1n) is 4.59. The number of hydrogen-bond acceptors (Lipinski definition) is 2. The van der Waals surface area contributed by atoms with Crippen LogP contribution in [0.4, 0.5) is 11.5 Å². The van der Waals surface area contributed by atoms with Crippen LogP contribution in [0.15, 0.2) is 48.7 Å². The molecule has 2 nitrogen and oxygen atoms in total. The quantitative estimate of drug-likeness (QED) is 0.775. The van der Waals surface area contributed by atoms with E-state index in [0.717, 1.165) is 11.5 Å². The van der Waals surface area contributed by atoms with Crippen molar-refractivity contribution in [2.24, 2.45) is 0 Å². The van der Waals surface area contributed by atoms with Crippen molar-refractivity contribution in [2.45, 2.75) is 6.92 Å². The van der Waals surface area contributed by atoms with Crippen molar-refractivity contribution in [2.75, 3.05) is 5.32 Å². The predicted molar refractivity (Wildman–Crippen MR) is 58.7 cm³/mol. The number of pyridine rings is 1. The Hall–Kier alpha value is -1.83. The van der Waals surface area contributed by atoms with E-state index in [9.17, 15) is 0 Å². The van der Waals surface area contributed by atoms with Crippen LogP contribution in [0.1, 0.15) is 5.56 Å². The van der Waals surface area contributed by atoms with Crippen LogP contribution in [0.5, 0.6) is 0 Å². The Morgan fingerprint density at radius 1 is 1.00 bits per heavy atom. The maximum absolute atomic E-state index is 4.19. The number of benzene rings is 1. The van der Waals surface area contributed by atoms with Crippen molar-refractivity contribution >= 4 is 11.5 Å². The van der Waals surface area contributed by atoms with Crippen LogP contribution in [0.25, 0.3) is 0 Å². The van der Waals surface area contributed by atoms with Gasteiger partial charge in [-0.2, -0.15) is 0 Å². The Kier molecular flexibility index (Phi) is 2.45. The van der Waals surface area contributed by atoms with Crippen LogP contribution in [0.3, 0.4) is 0 Å². The summed E-state index contributed by atoms with van der Waals surface area (Å²) in [6, 6.07) is 14.0. The maximum atomic E-state index is 4.19. The Morgan fingerprint density at radius 2 is 1.79 bits per heavy atom. The minimum atomic E-state index is 0.872. The molecule has 0 saturated heterocycles. The zero-order valence-electron chi connectivity index (χ0n) is 8.07. The molecule has 2 heteroatoms. The molecule has 1 N–H and O–H groups in total. The highest BCUT2D eigenvalue weighted by Crippen LogP contribution is 2.13. The smallest absolute Gasteiger partial charge is 0.130 e. The second-order valence-corrected chi connectivity index (χ2v) is 3.21. The highest BCUT2D eigenvalue weighted by Gasteiger charge is 1.93. The molecule has 2 rings (SSSR count). The molecule has 0 bridgehead atoms. The first-order chi connectivity index (χ1) is 6.84. The molecule has 1 aromatic heterocycles. The van der Waals surface area contributed by atoms with Crippen LogP contribution in [-0.2, 0) is 0 Å². The second kappa shape index (κ2) is 3.92. The largest absolute Gasteiger partial charge is 0.340 e. The molecule has 1 aromatic carbocycles. The fourth-order valence-corrected chi connectivity index (χ4v) is 1.22. The molecular weight excluding hydrogens is 172 g/mol. The highest BCUT2D eigenvalue weighted by molar-refractivity contribution is 5.55. The summed E-state index contributed by atoms with van der Waals surface area (Å²) in [7, 11) is 0. The molecular formula is C12H12N2. The summed E-state index contributed by atoms with van der Waals surface area (Å²) in [4.78, 5) is 4.19. The van der Waals surface area contributed by atoms with Crippen LogP contribution >= 0.6 is 0 Å². The fraction of sp³-hybridized carbons (Fsp3) is 0.0833. The topological polar surface area (TPSA) is 24.9 Å². The normalized spacial score (nSPS) is 9.79. The van der Waals surface area contributed by atoms with Crippen LogP contribution in [0, 0.1) is 6.92 Å². The summed E-state index contributed by atoms with van der Waals surface area (Å²) in [5.74, 6) is 0.872. The molecule has 0 fully saturated rings. The van der Waals surface area contributed by atoms with Gasteiger partial charge in [0, 0.05) is 11.9 Å². The SMILES string of the molecule is Cc1ccc(Nc2ccccn2)cc1. The van der Waals surface area contributed by atoms with E-state index in [-0.39, 0.29) is 0 Å². The monoisotopic (exact) mass is 184 g/mol. The van der Waals surface area contributed by atoms with E-state index < -0.39 is 0 Å². The molecule has 0 aliphatic carbocycles. The van der Waals surface area contributed by atoms with Gasteiger partial charge < -0.3 is 5.32 Å². The Morgan fingerprint density at radius 3 is 2.43 bits per heavy atom. The van der Waals surface area contributed by atoms with Gasteiger partial charge in [-0.15, -0.1) is 0 Å². The number of anilines is 2. The van der Waals surface area contributed by atoms with Gasteiger partial charge in [0.2, 0.25) is 0 Å². The van der Waals surface area contributed by atoms with E-state index in [4.69, 9.17) is 0 Å². The maximum Gasteiger partial charge on any atom is 0.130 e. The molecule has 0 saturated carbocycles. The number of aromatic nitrogens is 1. The lowest BCUT2D eigenvalue weighted by Crippen LogP contribution is -1.91. The molecule has 0 spiro atoms. The summed E-state index contributed by atoms with van der Waals surface area (Å²) < 4.78 is 0. The van der Waals surface area contributed by atoms with Crippen LogP contribution in [-0.4, -0.2) is 4.98 Å². The molecule has 0 aliphatic heterocycles. The third-order valence-electron chi connectivity index (χ3n) is 1.99. The molecule has 1 heterocycles. The lowest BCUT2D eigenvalue weighted by atomic mass is 10.2. The number of rotatable bonds is 2. The predicted octanol–water partition coefficient (Wildman–Crippen LogP) is 3.13. The third-order valence-corrected chi connectivity index (χ3v) is 1.99. The number of nitrogens with zero attached hydrogens (tertiary/aromatic N) is 1. The van der Waals surface area contributed by atoms with Gasteiger partial charge in [0.05, 0.1) is 0 Å². The lowest BCUT2D eigenvalue weighted by molar-refractivity contribution is 1.31. The molecule has 70 valence electrons. The zero-order chi connectivity index (χ0) is 9.80. The Labute approximate surface area is 83.6 Å². The molecule has 0 amide bonds. The number of nitrogens with one attached hydrogen (secondary N) is 1. The van der Waals surface area contributed by atoms with Gasteiger partial charge in [-0.3, -0.25) is 0 Å². The van der Waals surface area contributed by atoms with Crippen molar-refractivity contribution in [1.82, 2.24) is 4.98 Å². The van der Waals surface area contributed by atoms with E-state index in [1.54, 1.807) is 6.20 Å². The van der Waals surface area contributed by atoms with E-state index in [1.165, 1.54) is 5.56 Å². The fourth-order valence-electron chi connectivity index (χ4n) is 1.22. The van der Waals surface area contributed by atoms with Gasteiger partial charge >= 0.3 is 0 Å². The second-order valence-electron chi connectivity index (χ2n) is 3.21. The average molecular weight is 184 g/mol. The van der Waals surface area contributed by atoms with E-state index >= 15 is 0 Å². The summed E-state index contributed by atoms with van der Waals surface area (Å²) >= 11 is 0. The Balaban J connectivity index is 2.16. The summed E-state index contributed by atoms with van der Waals surface area (Å²) in [6.07, 6.45) is 1.77. The van der Waals surface area contributed by atoms with Crippen molar-refractivity contribution < 1.29 is 0 Å². The van der Waals surface area contributed by atoms with E-state index in [2.05, 4.69) is 29.4 Å². The van der Waals surface area contributed by atoms with Crippen LogP contribution < -0.4 is 5.32 Å². The van der Waals surface area contributed by atoms with E-state index in [1.807, 2.05) is 30.3 Å². The Bertz CT molecular complexity index is 392. The van der Waals surface area contributed by atoms with Gasteiger partial charge in [0.25, 0.3) is 0 Å². The summed E-state index contributed by atoms with van der Waals surface area (Å²) in [6.45, 7) is 2.07. The number of aryl methyl sites for hydroxylation is 1. The standard InChI is InChI=1S/C12H12N2/c1-10-5-7-11(8-6-10)14-12-4-2-3-9-13-12/h2-9H,1H3,(H,13,14). The molecule has 0 unspecified atom stereocenters. The molecule has 0 aliphatic rings. The van der Waals surface area contributed by atoms with Gasteiger partial charge in [-0.1, -0.05) is 23.8 Å². The summed E-state index contributed by atoms with van der Waals surface area (Å²) in [5.41, 5.74) is 2.32. The average Bonchev–Trinajstić information content (AvgIpc) is 2.23. The first kappa shape index (κ1) is 8.75. The van der Waals surface area contributed by atoms with Crippen LogP contribution in [0.2, 0.25) is 0 Å². The number of hydrogen-bond donors (Lipinski definition) is 1. The molecule has 0 atom stereocenters. The highest BCUT2D eigenvalue weighted by atomic mass is 15.0.